The van der Waals surface area contributed by atoms with E-state index in [0.717, 1.165) is 11.3 Å². The smallest absolute Gasteiger partial charge is 0.270 e. The van der Waals surface area contributed by atoms with E-state index in [1.807, 2.05) is 54.6 Å². The van der Waals surface area contributed by atoms with E-state index in [1.165, 1.54) is 11.8 Å². The van der Waals surface area contributed by atoms with Crippen molar-refractivity contribution in [1.29, 1.82) is 0 Å². The molecule has 0 bridgehead atoms. The molecule has 0 aliphatic carbocycles. The Labute approximate surface area is 150 Å². The first-order valence-corrected chi connectivity index (χ1v) is 8.41. The number of amides is 1. The number of nitrogens with zero attached hydrogens (tertiary/aromatic N) is 1. The number of carbonyl (C=O) groups excluding carboxylic acids is 1. The maximum atomic E-state index is 12.7. The fourth-order valence-electron chi connectivity index (χ4n) is 2.36. The molecule has 0 saturated carbocycles. The highest BCUT2D eigenvalue weighted by atomic mass is 32.2. The SMILES string of the molecule is COc1ccc(/C=C2\SC(=S)N(c3ccccc3)C2=O)cc1OC. The van der Waals surface area contributed by atoms with Crippen molar-refractivity contribution in [3.63, 3.8) is 0 Å². The van der Waals surface area contributed by atoms with Crippen LogP contribution in [0.1, 0.15) is 5.56 Å². The molecule has 0 aromatic heterocycles. The van der Waals surface area contributed by atoms with E-state index in [4.69, 9.17) is 21.7 Å². The third-order valence-corrected chi connectivity index (χ3v) is 4.82. The summed E-state index contributed by atoms with van der Waals surface area (Å²) in [6.45, 7) is 0. The molecule has 1 aliphatic heterocycles. The maximum Gasteiger partial charge on any atom is 0.270 e. The molecule has 0 spiro atoms. The Morgan fingerprint density at radius 2 is 1.75 bits per heavy atom. The van der Waals surface area contributed by atoms with Gasteiger partial charge in [-0.25, -0.2) is 0 Å². The molecule has 0 unspecified atom stereocenters. The van der Waals surface area contributed by atoms with Crippen LogP contribution < -0.4 is 14.4 Å². The zero-order valence-corrected chi connectivity index (χ0v) is 14.8. The summed E-state index contributed by atoms with van der Waals surface area (Å²) in [5.41, 5.74) is 1.62. The van der Waals surface area contributed by atoms with E-state index in [1.54, 1.807) is 19.1 Å². The van der Waals surface area contributed by atoms with E-state index in [0.29, 0.717) is 20.7 Å². The lowest BCUT2D eigenvalue weighted by atomic mass is 10.2. The van der Waals surface area contributed by atoms with Gasteiger partial charge in [-0.1, -0.05) is 48.2 Å². The van der Waals surface area contributed by atoms with Crippen LogP contribution in [0.25, 0.3) is 6.08 Å². The van der Waals surface area contributed by atoms with Gasteiger partial charge in [-0.2, -0.15) is 0 Å². The number of rotatable bonds is 4. The van der Waals surface area contributed by atoms with Crippen LogP contribution in [0.4, 0.5) is 5.69 Å². The molecular formula is C18H15NO3S2. The Bertz CT molecular complexity index is 818. The molecular weight excluding hydrogens is 342 g/mol. The number of hydrogen-bond donors (Lipinski definition) is 0. The Morgan fingerprint density at radius 1 is 1.04 bits per heavy atom. The van der Waals surface area contributed by atoms with Crippen LogP contribution in [0.3, 0.4) is 0 Å². The van der Waals surface area contributed by atoms with Crippen molar-refractivity contribution in [3.05, 3.63) is 59.0 Å². The van der Waals surface area contributed by atoms with Gasteiger partial charge in [0.2, 0.25) is 0 Å². The number of hydrogen-bond acceptors (Lipinski definition) is 5. The highest BCUT2D eigenvalue weighted by Gasteiger charge is 2.33. The number of para-hydroxylation sites is 1. The van der Waals surface area contributed by atoms with Gasteiger partial charge >= 0.3 is 0 Å². The average Bonchev–Trinajstić information content (AvgIpc) is 2.89. The zero-order chi connectivity index (χ0) is 17.1. The first-order chi connectivity index (χ1) is 11.6. The topological polar surface area (TPSA) is 38.8 Å². The van der Waals surface area contributed by atoms with Gasteiger partial charge in [0.05, 0.1) is 24.8 Å². The number of thioether (sulfide) groups is 1. The van der Waals surface area contributed by atoms with Crippen LogP contribution >= 0.6 is 24.0 Å². The molecule has 6 heteroatoms. The van der Waals surface area contributed by atoms with Crippen LogP contribution in [-0.4, -0.2) is 24.4 Å². The number of ether oxygens (including phenoxy) is 2. The molecule has 0 radical (unpaired) electrons. The monoisotopic (exact) mass is 357 g/mol. The molecule has 1 saturated heterocycles. The molecule has 2 aromatic rings. The standard InChI is InChI=1S/C18H15NO3S2/c1-21-14-9-8-12(10-15(14)22-2)11-16-17(20)19(18(23)24-16)13-6-4-3-5-7-13/h3-11H,1-2H3/b16-11-. The van der Waals surface area contributed by atoms with Crippen LogP contribution in [0.15, 0.2) is 53.4 Å². The molecule has 3 rings (SSSR count). The zero-order valence-electron chi connectivity index (χ0n) is 13.2. The summed E-state index contributed by atoms with van der Waals surface area (Å²) in [6.07, 6.45) is 1.81. The highest BCUT2D eigenvalue weighted by molar-refractivity contribution is 8.27. The van der Waals surface area contributed by atoms with Crippen molar-refractivity contribution in [3.8, 4) is 11.5 Å². The summed E-state index contributed by atoms with van der Waals surface area (Å²) >= 11 is 6.66. The molecule has 0 atom stereocenters. The van der Waals surface area contributed by atoms with Gasteiger partial charge in [0.25, 0.3) is 5.91 Å². The molecule has 1 fully saturated rings. The fourth-order valence-corrected chi connectivity index (χ4v) is 3.66. The molecule has 4 nitrogen and oxygen atoms in total. The predicted molar refractivity (Wildman–Crippen MR) is 102 cm³/mol. The summed E-state index contributed by atoms with van der Waals surface area (Å²) < 4.78 is 11.1. The summed E-state index contributed by atoms with van der Waals surface area (Å²) in [6, 6.07) is 14.9. The summed E-state index contributed by atoms with van der Waals surface area (Å²) in [4.78, 5) is 14.8. The van der Waals surface area contributed by atoms with Gasteiger partial charge in [-0.3, -0.25) is 9.69 Å². The first-order valence-electron chi connectivity index (χ1n) is 7.19. The van der Waals surface area contributed by atoms with Gasteiger partial charge < -0.3 is 9.47 Å². The second-order valence-electron chi connectivity index (χ2n) is 4.97. The second-order valence-corrected chi connectivity index (χ2v) is 6.64. The predicted octanol–water partition coefficient (Wildman–Crippen LogP) is 4.11. The van der Waals surface area contributed by atoms with Gasteiger partial charge in [-0.15, -0.1) is 0 Å². The number of benzene rings is 2. The van der Waals surface area contributed by atoms with Crippen LogP contribution in [0, 0.1) is 0 Å². The van der Waals surface area contributed by atoms with Crippen molar-refractivity contribution in [2.75, 3.05) is 19.1 Å². The number of carbonyl (C=O) groups is 1. The summed E-state index contributed by atoms with van der Waals surface area (Å²) in [5, 5.41) is 0. The van der Waals surface area contributed by atoms with Gasteiger partial charge in [0.15, 0.2) is 15.8 Å². The normalized spacial score (nSPS) is 15.9. The van der Waals surface area contributed by atoms with Crippen molar-refractivity contribution in [1.82, 2.24) is 0 Å². The lowest BCUT2D eigenvalue weighted by Crippen LogP contribution is -2.27. The molecule has 122 valence electrons. The lowest BCUT2D eigenvalue weighted by Gasteiger charge is -2.13. The van der Waals surface area contributed by atoms with E-state index in [-0.39, 0.29) is 5.91 Å². The van der Waals surface area contributed by atoms with Crippen LogP contribution in [0.5, 0.6) is 11.5 Å². The van der Waals surface area contributed by atoms with Gasteiger partial charge in [0.1, 0.15) is 0 Å². The number of methoxy groups -OCH3 is 2. The van der Waals surface area contributed by atoms with E-state index in [9.17, 15) is 4.79 Å². The lowest BCUT2D eigenvalue weighted by molar-refractivity contribution is -0.113. The minimum atomic E-state index is -0.119. The Hall–Kier alpha value is -2.31. The first kappa shape index (κ1) is 16.5. The van der Waals surface area contributed by atoms with Gasteiger partial charge in [-0.05, 0) is 35.9 Å². The molecule has 2 aromatic carbocycles. The Morgan fingerprint density at radius 3 is 2.42 bits per heavy atom. The van der Waals surface area contributed by atoms with Crippen molar-refractivity contribution < 1.29 is 14.3 Å². The second kappa shape index (κ2) is 7.07. The molecule has 1 amide bonds. The summed E-state index contributed by atoms with van der Waals surface area (Å²) in [5.74, 6) is 1.14. The Kier molecular flexibility index (Phi) is 4.87. The number of anilines is 1. The minimum absolute atomic E-state index is 0.119. The molecule has 1 heterocycles. The van der Waals surface area contributed by atoms with Crippen LogP contribution in [0.2, 0.25) is 0 Å². The summed E-state index contributed by atoms with van der Waals surface area (Å²) in [7, 11) is 3.17. The molecule has 24 heavy (non-hydrogen) atoms. The largest absolute Gasteiger partial charge is 0.493 e. The highest BCUT2D eigenvalue weighted by Crippen LogP contribution is 2.37. The van der Waals surface area contributed by atoms with E-state index >= 15 is 0 Å². The molecule has 1 aliphatic rings. The van der Waals surface area contributed by atoms with E-state index in [2.05, 4.69) is 0 Å². The number of thiocarbonyl (C=S) groups is 1. The van der Waals surface area contributed by atoms with Crippen molar-refractivity contribution in [2.24, 2.45) is 0 Å². The third kappa shape index (κ3) is 3.16. The maximum absolute atomic E-state index is 12.7. The Balaban J connectivity index is 1.92. The molecule has 0 N–H and O–H groups in total. The van der Waals surface area contributed by atoms with Crippen molar-refractivity contribution in [2.45, 2.75) is 0 Å². The van der Waals surface area contributed by atoms with Crippen LogP contribution in [-0.2, 0) is 4.79 Å². The minimum Gasteiger partial charge on any atom is -0.493 e. The fraction of sp³-hybridized carbons (Fsp3) is 0.111. The quantitative estimate of drug-likeness (QED) is 0.608. The van der Waals surface area contributed by atoms with Crippen molar-refractivity contribution >= 4 is 46.0 Å². The third-order valence-electron chi connectivity index (χ3n) is 3.51. The average molecular weight is 357 g/mol. The van der Waals surface area contributed by atoms with Gasteiger partial charge in [0, 0.05) is 0 Å². The van der Waals surface area contributed by atoms with E-state index < -0.39 is 0 Å².